The van der Waals surface area contributed by atoms with Gasteiger partial charge in [0, 0.05) is 4.88 Å². The van der Waals surface area contributed by atoms with E-state index in [1.807, 2.05) is 13.8 Å². The van der Waals surface area contributed by atoms with Crippen molar-refractivity contribution < 1.29 is 9.53 Å². The van der Waals surface area contributed by atoms with Crippen LogP contribution in [0.25, 0.3) is 0 Å². The first-order valence-electron chi connectivity index (χ1n) is 6.06. The van der Waals surface area contributed by atoms with Crippen molar-refractivity contribution in [2.75, 3.05) is 12.3 Å². The van der Waals surface area contributed by atoms with Crippen molar-refractivity contribution in [1.29, 1.82) is 0 Å². The molecule has 0 saturated heterocycles. The summed E-state index contributed by atoms with van der Waals surface area (Å²) < 4.78 is 5.07. The number of thiophene rings is 1. The third-order valence-electron chi connectivity index (χ3n) is 2.97. The number of carbonyl (C=O) groups excluding carboxylic acids is 1. The van der Waals surface area contributed by atoms with Crippen molar-refractivity contribution in [3.05, 3.63) is 16.0 Å². The van der Waals surface area contributed by atoms with Gasteiger partial charge in [-0.2, -0.15) is 0 Å². The smallest absolute Gasteiger partial charge is 0.341 e. The first kappa shape index (κ1) is 14.0. The molecule has 4 heteroatoms. The Morgan fingerprint density at radius 2 is 2.12 bits per heavy atom. The number of ether oxygens (including phenoxy) is 1. The van der Waals surface area contributed by atoms with Crippen LogP contribution >= 0.6 is 11.3 Å². The van der Waals surface area contributed by atoms with Crippen LogP contribution in [0.5, 0.6) is 0 Å². The largest absolute Gasteiger partial charge is 0.462 e. The second-order valence-electron chi connectivity index (χ2n) is 4.31. The molecule has 1 rings (SSSR count). The lowest BCUT2D eigenvalue weighted by Crippen LogP contribution is -2.10. The van der Waals surface area contributed by atoms with Gasteiger partial charge in [-0.15, -0.1) is 11.3 Å². The van der Waals surface area contributed by atoms with Crippen LogP contribution in [0, 0.1) is 12.8 Å². The Morgan fingerprint density at radius 1 is 1.47 bits per heavy atom. The molecule has 1 aromatic rings. The van der Waals surface area contributed by atoms with Gasteiger partial charge < -0.3 is 10.5 Å². The van der Waals surface area contributed by atoms with E-state index >= 15 is 0 Å². The molecule has 0 saturated carbocycles. The molecule has 0 spiro atoms. The Bertz CT molecular complexity index is 398. The summed E-state index contributed by atoms with van der Waals surface area (Å²) in [6, 6.07) is 0. The van der Waals surface area contributed by atoms with E-state index in [9.17, 15) is 4.79 Å². The highest BCUT2D eigenvalue weighted by molar-refractivity contribution is 7.16. The monoisotopic (exact) mass is 255 g/mol. The van der Waals surface area contributed by atoms with Gasteiger partial charge >= 0.3 is 5.97 Å². The zero-order chi connectivity index (χ0) is 13.0. The minimum Gasteiger partial charge on any atom is -0.462 e. The number of esters is 1. The average Bonchev–Trinajstić information content (AvgIpc) is 2.54. The van der Waals surface area contributed by atoms with Crippen LogP contribution in [0.3, 0.4) is 0 Å². The number of nitrogen functional groups attached to an aromatic ring is 1. The predicted molar refractivity (Wildman–Crippen MR) is 72.6 cm³/mol. The normalized spacial score (nSPS) is 12.5. The molecule has 17 heavy (non-hydrogen) atoms. The number of anilines is 1. The first-order valence-corrected chi connectivity index (χ1v) is 6.87. The fraction of sp³-hybridized carbons (Fsp3) is 0.615. The number of aryl methyl sites for hydroxylation is 1. The molecule has 0 bridgehead atoms. The van der Waals surface area contributed by atoms with Crippen molar-refractivity contribution >= 4 is 22.3 Å². The molecule has 1 atom stereocenters. The van der Waals surface area contributed by atoms with Gasteiger partial charge in [-0.3, -0.25) is 0 Å². The molecule has 0 radical (unpaired) electrons. The van der Waals surface area contributed by atoms with Gasteiger partial charge in [0.15, 0.2) is 0 Å². The third-order valence-corrected chi connectivity index (χ3v) is 3.94. The Labute approximate surface area is 107 Å². The number of carbonyl (C=O) groups is 1. The summed E-state index contributed by atoms with van der Waals surface area (Å²) in [7, 11) is 0. The van der Waals surface area contributed by atoms with Crippen LogP contribution in [-0.2, 0) is 11.2 Å². The van der Waals surface area contributed by atoms with E-state index in [1.165, 1.54) is 11.3 Å². The zero-order valence-corrected chi connectivity index (χ0v) is 11.8. The number of hydrogen-bond acceptors (Lipinski definition) is 4. The Kier molecular flexibility index (Phi) is 5.00. The summed E-state index contributed by atoms with van der Waals surface area (Å²) in [5.41, 5.74) is 7.57. The average molecular weight is 255 g/mol. The second kappa shape index (κ2) is 6.05. The van der Waals surface area contributed by atoms with Gasteiger partial charge in [0.1, 0.15) is 5.00 Å². The molecule has 1 aromatic heterocycles. The summed E-state index contributed by atoms with van der Waals surface area (Å²) in [6.45, 7) is 8.54. The van der Waals surface area contributed by atoms with Crippen LogP contribution in [0.4, 0.5) is 5.00 Å². The molecule has 0 aromatic carbocycles. The topological polar surface area (TPSA) is 52.3 Å². The maximum absolute atomic E-state index is 11.9. The van der Waals surface area contributed by atoms with Crippen molar-refractivity contribution in [2.24, 2.45) is 5.92 Å². The summed E-state index contributed by atoms with van der Waals surface area (Å²) in [4.78, 5) is 13.0. The summed E-state index contributed by atoms with van der Waals surface area (Å²) >= 11 is 1.48. The van der Waals surface area contributed by atoms with Gasteiger partial charge in [0.25, 0.3) is 0 Å². The van der Waals surface area contributed by atoms with Crippen molar-refractivity contribution in [3.8, 4) is 0 Å². The highest BCUT2D eigenvalue weighted by Crippen LogP contribution is 2.33. The third kappa shape index (κ3) is 3.22. The molecule has 2 N–H and O–H groups in total. The minimum atomic E-state index is -0.285. The summed E-state index contributed by atoms with van der Waals surface area (Å²) in [5, 5.41) is 0.583. The standard InChI is InChI=1S/C13H21NO2S/c1-5-8(3)7-10-9(4)17-12(14)11(10)13(15)16-6-2/h8H,5-7,14H2,1-4H3. The highest BCUT2D eigenvalue weighted by Gasteiger charge is 2.22. The molecule has 0 aliphatic carbocycles. The highest BCUT2D eigenvalue weighted by atomic mass is 32.1. The molecular formula is C13H21NO2S. The molecule has 1 heterocycles. The van der Waals surface area contributed by atoms with Crippen LogP contribution in [0.1, 0.15) is 48.0 Å². The minimum absolute atomic E-state index is 0.285. The van der Waals surface area contributed by atoms with E-state index in [-0.39, 0.29) is 5.97 Å². The van der Waals surface area contributed by atoms with Gasteiger partial charge in [-0.25, -0.2) is 4.79 Å². The lowest BCUT2D eigenvalue weighted by Gasteiger charge is -2.10. The SMILES string of the molecule is CCOC(=O)c1c(N)sc(C)c1CC(C)CC. The first-order chi connectivity index (χ1) is 8.01. The number of nitrogens with two attached hydrogens (primary N) is 1. The van der Waals surface area contributed by atoms with E-state index in [4.69, 9.17) is 10.5 Å². The van der Waals surface area contributed by atoms with Gasteiger partial charge in [0.05, 0.1) is 12.2 Å². The summed E-state index contributed by atoms with van der Waals surface area (Å²) in [5.74, 6) is 0.267. The van der Waals surface area contributed by atoms with E-state index in [0.717, 1.165) is 23.3 Å². The quantitative estimate of drug-likeness (QED) is 0.820. The van der Waals surface area contributed by atoms with Crippen LogP contribution < -0.4 is 5.73 Å². The Hall–Kier alpha value is -1.03. The van der Waals surface area contributed by atoms with Crippen LogP contribution in [0.15, 0.2) is 0 Å². The maximum Gasteiger partial charge on any atom is 0.341 e. The van der Waals surface area contributed by atoms with Crippen LogP contribution in [0.2, 0.25) is 0 Å². The Balaban J connectivity index is 3.06. The number of rotatable bonds is 5. The fourth-order valence-corrected chi connectivity index (χ4v) is 2.72. The van der Waals surface area contributed by atoms with Gasteiger partial charge in [-0.1, -0.05) is 20.3 Å². The van der Waals surface area contributed by atoms with E-state index in [0.29, 0.717) is 23.1 Å². The van der Waals surface area contributed by atoms with Crippen LogP contribution in [-0.4, -0.2) is 12.6 Å². The van der Waals surface area contributed by atoms with Crippen molar-refractivity contribution in [1.82, 2.24) is 0 Å². The lowest BCUT2D eigenvalue weighted by atomic mass is 9.96. The molecule has 3 nitrogen and oxygen atoms in total. The second-order valence-corrected chi connectivity index (χ2v) is 5.57. The van der Waals surface area contributed by atoms with E-state index in [2.05, 4.69) is 13.8 Å². The number of hydrogen-bond donors (Lipinski definition) is 1. The van der Waals surface area contributed by atoms with Crippen molar-refractivity contribution in [2.45, 2.75) is 40.5 Å². The Morgan fingerprint density at radius 3 is 2.65 bits per heavy atom. The molecule has 1 unspecified atom stereocenters. The maximum atomic E-state index is 11.9. The van der Waals surface area contributed by atoms with E-state index < -0.39 is 0 Å². The molecular weight excluding hydrogens is 234 g/mol. The molecule has 0 amide bonds. The molecule has 0 fully saturated rings. The molecule has 0 aliphatic heterocycles. The fourth-order valence-electron chi connectivity index (χ4n) is 1.77. The summed E-state index contributed by atoms with van der Waals surface area (Å²) in [6.07, 6.45) is 1.99. The van der Waals surface area contributed by atoms with Crippen molar-refractivity contribution in [3.63, 3.8) is 0 Å². The van der Waals surface area contributed by atoms with E-state index in [1.54, 1.807) is 0 Å². The molecule has 0 aliphatic rings. The lowest BCUT2D eigenvalue weighted by molar-refractivity contribution is 0.0526. The van der Waals surface area contributed by atoms with Gasteiger partial charge in [0.2, 0.25) is 0 Å². The predicted octanol–water partition coefficient (Wildman–Crippen LogP) is 3.40. The van der Waals surface area contributed by atoms with Gasteiger partial charge in [-0.05, 0) is 31.7 Å². The zero-order valence-electron chi connectivity index (χ0n) is 11.0. The molecule has 96 valence electrons.